The molecule has 0 fully saturated rings. The molecule has 0 saturated carbocycles. The number of hydrogen-bond acceptors (Lipinski definition) is 5. The summed E-state index contributed by atoms with van der Waals surface area (Å²) in [5, 5.41) is 13.4. The Labute approximate surface area is 86.7 Å². The lowest BCUT2D eigenvalue weighted by atomic mass is 10.2. The summed E-state index contributed by atoms with van der Waals surface area (Å²) in [6, 6.07) is 0. The molecule has 15 heavy (non-hydrogen) atoms. The van der Waals surface area contributed by atoms with Gasteiger partial charge in [-0.2, -0.15) is 0 Å². The summed E-state index contributed by atoms with van der Waals surface area (Å²) >= 11 is 0. The number of rotatable bonds is 2. The average molecular weight is 206 g/mol. The maximum atomic E-state index is 10.5. The van der Waals surface area contributed by atoms with Gasteiger partial charge in [-0.15, -0.1) is 0 Å². The van der Waals surface area contributed by atoms with Crippen molar-refractivity contribution in [2.75, 3.05) is 19.3 Å². The van der Waals surface area contributed by atoms with Gasteiger partial charge in [-0.25, -0.2) is 0 Å². The van der Waals surface area contributed by atoms with E-state index in [9.17, 15) is 10.1 Å². The van der Waals surface area contributed by atoms with Crippen LogP contribution in [0.25, 0.3) is 0 Å². The number of nitrogen functional groups attached to an aromatic ring is 1. The van der Waals surface area contributed by atoms with E-state index >= 15 is 0 Å². The molecule has 0 spiro atoms. The number of hydrogen-bond donors (Lipinski definition) is 2. The normalized spacial score (nSPS) is 9.13. The van der Waals surface area contributed by atoms with Gasteiger partial charge < -0.3 is 11.1 Å². The summed E-state index contributed by atoms with van der Waals surface area (Å²) in [6.07, 6.45) is 2.52. The number of nitrogens with one attached hydrogen (secondary N) is 1. The Hall–Kier alpha value is -2.13. The van der Waals surface area contributed by atoms with Crippen molar-refractivity contribution in [1.82, 2.24) is 10.3 Å². The first-order valence-electron chi connectivity index (χ1n) is 4.18. The highest BCUT2D eigenvalue weighted by atomic mass is 16.6. The second-order valence-corrected chi connectivity index (χ2v) is 2.71. The van der Waals surface area contributed by atoms with Gasteiger partial charge in [0.1, 0.15) is 11.9 Å². The fraction of sp³-hybridized carbons (Fsp3) is 0.222. The lowest BCUT2D eigenvalue weighted by Crippen LogP contribution is -2.05. The van der Waals surface area contributed by atoms with Gasteiger partial charge in [0.05, 0.1) is 17.0 Å². The van der Waals surface area contributed by atoms with Crippen LogP contribution < -0.4 is 11.1 Å². The van der Waals surface area contributed by atoms with Crippen molar-refractivity contribution in [3.05, 3.63) is 28.1 Å². The minimum Gasteiger partial charge on any atom is -0.392 e. The minimum atomic E-state index is -0.578. The summed E-state index contributed by atoms with van der Waals surface area (Å²) in [7, 11) is 1.75. The number of anilines is 1. The fourth-order valence-corrected chi connectivity index (χ4v) is 0.932. The highest BCUT2D eigenvalue weighted by molar-refractivity contribution is 5.66. The maximum absolute atomic E-state index is 10.5. The zero-order valence-electron chi connectivity index (χ0n) is 8.15. The number of aromatic nitrogens is 1. The summed E-state index contributed by atoms with van der Waals surface area (Å²) in [5.74, 6) is 5.46. The third-order valence-electron chi connectivity index (χ3n) is 1.65. The molecule has 0 aromatic carbocycles. The summed E-state index contributed by atoms with van der Waals surface area (Å²) < 4.78 is 0. The fourth-order valence-electron chi connectivity index (χ4n) is 0.932. The Morgan fingerprint density at radius 3 is 3.00 bits per heavy atom. The van der Waals surface area contributed by atoms with E-state index in [2.05, 4.69) is 22.1 Å². The summed E-state index contributed by atoms with van der Waals surface area (Å²) in [4.78, 5) is 13.7. The molecule has 0 bridgehead atoms. The van der Waals surface area contributed by atoms with Crippen molar-refractivity contribution in [3.63, 3.8) is 0 Å². The van der Waals surface area contributed by atoms with E-state index in [0.29, 0.717) is 12.1 Å². The van der Waals surface area contributed by atoms with Crippen molar-refractivity contribution in [3.8, 4) is 11.8 Å². The first-order chi connectivity index (χ1) is 7.16. The molecule has 6 nitrogen and oxygen atoms in total. The van der Waals surface area contributed by atoms with Gasteiger partial charge in [-0.3, -0.25) is 15.1 Å². The number of nitrogens with two attached hydrogens (primary N) is 1. The van der Waals surface area contributed by atoms with Crippen LogP contribution in [0.3, 0.4) is 0 Å². The van der Waals surface area contributed by atoms with Gasteiger partial charge in [0.15, 0.2) is 0 Å². The third kappa shape index (κ3) is 2.65. The topological polar surface area (TPSA) is 94.1 Å². The Bertz CT molecular complexity index is 433. The van der Waals surface area contributed by atoms with Crippen LogP contribution in [0.2, 0.25) is 0 Å². The van der Waals surface area contributed by atoms with E-state index < -0.39 is 4.92 Å². The Morgan fingerprint density at radius 2 is 2.40 bits per heavy atom. The van der Waals surface area contributed by atoms with E-state index in [1.807, 2.05) is 0 Å². The molecule has 0 unspecified atom stereocenters. The van der Waals surface area contributed by atoms with E-state index in [4.69, 9.17) is 5.73 Å². The van der Waals surface area contributed by atoms with Crippen LogP contribution in [0.4, 0.5) is 11.4 Å². The van der Waals surface area contributed by atoms with Crippen LogP contribution >= 0.6 is 0 Å². The number of nitro groups is 1. The SMILES string of the molecule is CNCC#Cc1cncc([N+](=O)[O-])c1N. The zero-order chi connectivity index (χ0) is 11.3. The molecule has 0 aliphatic rings. The van der Waals surface area contributed by atoms with Gasteiger partial charge in [-0.1, -0.05) is 11.8 Å². The highest BCUT2D eigenvalue weighted by Gasteiger charge is 2.13. The molecule has 1 aromatic heterocycles. The predicted octanol–water partition coefficient (Wildman–Crippen LogP) is 0.143. The van der Waals surface area contributed by atoms with Crippen molar-refractivity contribution in [2.45, 2.75) is 0 Å². The molecule has 6 heteroatoms. The molecule has 1 heterocycles. The molecule has 0 saturated heterocycles. The maximum Gasteiger partial charge on any atom is 0.311 e. The first kappa shape index (κ1) is 10.9. The molecule has 1 aromatic rings. The first-order valence-corrected chi connectivity index (χ1v) is 4.18. The summed E-state index contributed by atoms with van der Waals surface area (Å²) in [5.41, 5.74) is 5.77. The number of nitrogens with zero attached hydrogens (tertiary/aromatic N) is 2. The molecule has 1 rings (SSSR count). The Morgan fingerprint density at radius 1 is 1.67 bits per heavy atom. The van der Waals surface area contributed by atoms with Crippen LogP contribution in [0.5, 0.6) is 0 Å². The van der Waals surface area contributed by atoms with Crippen LogP contribution in [0, 0.1) is 22.0 Å². The second kappa shape index (κ2) is 4.93. The predicted molar refractivity (Wildman–Crippen MR) is 56.1 cm³/mol. The molecule has 0 amide bonds. The molecule has 0 radical (unpaired) electrons. The largest absolute Gasteiger partial charge is 0.392 e. The van der Waals surface area contributed by atoms with Crippen molar-refractivity contribution >= 4 is 11.4 Å². The van der Waals surface area contributed by atoms with Crippen molar-refractivity contribution in [2.24, 2.45) is 0 Å². The van der Waals surface area contributed by atoms with Crippen molar-refractivity contribution < 1.29 is 4.92 Å². The average Bonchev–Trinajstić information content (AvgIpc) is 2.20. The van der Waals surface area contributed by atoms with Crippen LogP contribution in [-0.2, 0) is 0 Å². The van der Waals surface area contributed by atoms with E-state index in [-0.39, 0.29) is 11.4 Å². The van der Waals surface area contributed by atoms with Crippen LogP contribution in [-0.4, -0.2) is 23.5 Å². The van der Waals surface area contributed by atoms with Gasteiger partial charge >= 0.3 is 5.69 Å². The van der Waals surface area contributed by atoms with E-state index in [0.717, 1.165) is 6.20 Å². The number of pyridine rings is 1. The van der Waals surface area contributed by atoms with Gasteiger partial charge in [0, 0.05) is 6.20 Å². The molecule has 0 aliphatic heterocycles. The lowest BCUT2D eigenvalue weighted by Gasteiger charge is -1.97. The minimum absolute atomic E-state index is 0.0543. The zero-order valence-corrected chi connectivity index (χ0v) is 8.15. The Balaban J connectivity index is 3.06. The summed E-state index contributed by atoms with van der Waals surface area (Å²) in [6.45, 7) is 0.488. The van der Waals surface area contributed by atoms with Gasteiger partial charge in [-0.05, 0) is 7.05 Å². The van der Waals surface area contributed by atoms with Crippen molar-refractivity contribution in [1.29, 1.82) is 0 Å². The van der Waals surface area contributed by atoms with E-state index in [1.165, 1.54) is 6.20 Å². The molecule has 3 N–H and O–H groups in total. The molecule has 78 valence electrons. The second-order valence-electron chi connectivity index (χ2n) is 2.71. The highest BCUT2D eigenvalue weighted by Crippen LogP contribution is 2.22. The molecular weight excluding hydrogens is 196 g/mol. The standard InChI is InChI=1S/C9H10N4O2/c1-11-4-2-3-7-5-12-6-8(9(7)10)13(14)15/h5-6,11H,4H2,1H3,(H2,10,12). The molecule has 0 atom stereocenters. The van der Waals surface area contributed by atoms with Crippen LogP contribution in [0.1, 0.15) is 5.56 Å². The van der Waals surface area contributed by atoms with Crippen LogP contribution in [0.15, 0.2) is 12.4 Å². The lowest BCUT2D eigenvalue weighted by molar-refractivity contribution is -0.384. The smallest absolute Gasteiger partial charge is 0.311 e. The monoisotopic (exact) mass is 206 g/mol. The van der Waals surface area contributed by atoms with E-state index in [1.54, 1.807) is 7.05 Å². The van der Waals surface area contributed by atoms with Gasteiger partial charge in [0.2, 0.25) is 0 Å². The quantitative estimate of drug-likeness (QED) is 0.408. The molecular formula is C9H10N4O2. The van der Waals surface area contributed by atoms with Gasteiger partial charge in [0.25, 0.3) is 0 Å². The Kier molecular flexibility index (Phi) is 3.60. The molecule has 0 aliphatic carbocycles. The third-order valence-corrected chi connectivity index (χ3v) is 1.65.